The SMILES string of the molecule is Cc1ccccc1N1[C@@H](C)c2c(sc3ccoc23)C12CCCCC2. The number of aryl methyl sites for hydroxylation is 1. The van der Waals surface area contributed by atoms with Gasteiger partial charge in [0.15, 0.2) is 0 Å². The first-order valence-electron chi connectivity index (χ1n) is 9.08. The molecule has 1 fully saturated rings. The first kappa shape index (κ1) is 14.6. The van der Waals surface area contributed by atoms with Gasteiger partial charge in [-0.25, -0.2) is 0 Å². The minimum absolute atomic E-state index is 0.172. The zero-order valence-corrected chi connectivity index (χ0v) is 15.2. The van der Waals surface area contributed by atoms with Crippen LogP contribution in [0.15, 0.2) is 41.0 Å². The first-order valence-corrected chi connectivity index (χ1v) is 9.89. The molecule has 2 aliphatic rings. The van der Waals surface area contributed by atoms with E-state index in [1.54, 1.807) is 4.88 Å². The summed E-state index contributed by atoms with van der Waals surface area (Å²) in [5.41, 5.74) is 5.52. The fourth-order valence-corrected chi connectivity index (χ4v) is 6.51. The van der Waals surface area contributed by atoms with E-state index in [1.807, 2.05) is 17.6 Å². The third-order valence-corrected chi connectivity index (χ3v) is 7.42. The Morgan fingerprint density at radius 2 is 1.92 bits per heavy atom. The molecule has 3 heterocycles. The summed E-state index contributed by atoms with van der Waals surface area (Å²) < 4.78 is 7.22. The van der Waals surface area contributed by atoms with E-state index in [0.717, 1.165) is 5.58 Å². The van der Waals surface area contributed by atoms with Crippen LogP contribution in [0.2, 0.25) is 0 Å². The van der Waals surface area contributed by atoms with Crippen molar-refractivity contribution in [1.82, 2.24) is 0 Å². The van der Waals surface area contributed by atoms with Crippen molar-refractivity contribution in [1.29, 1.82) is 0 Å². The van der Waals surface area contributed by atoms with Crippen LogP contribution in [-0.4, -0.2) is 0 Å². The van der Waals surface area contributed by atoms with Crippen LogP contribution in [0.3, 0.4) is 0 Å². The Morgan fingerprint density at radius 1 is 1.12 bits per heavy atom. The number of fused-ring (bicyclic) bond motifs is 4. The summed E-state index contributed by atoms with van der Waals surface area (Å²) in [6.07, 6.45) is 8.40. The summed E-state index contributed by atoms with van der Waals surface area (Å²) in [6.45, 7) is 4.61. The summed E-state index contributed by atoms with van der Waals surface area (Å²) in [5, 5.41) is 0. The molecule has 5 rings (SSSR count). The third-order valence-electron chi connectivity index (χ3n) is 6.07. The standard InChI is InChI=1S/C21H23NOS/c1-14-8-4-5-9-16(14)22-15(2)18-19-17(10-13-23-19)24-20(18)21(22)11-6-3-7-12-21/h4-5,8-10,13,15H,3,6-7,11-12H2,1-2H3/t15-/m0/s1. The fourth-order valence-electron chi connectivity index (χ4n) is 5.05. The molecule has 2 aromatic heterocycles. The normalized spacial score (nSPS) is 22.4. The summed E-state index contributed by atoms with van der Waals surface area (Å²) in [5.74, 6) is 0. The molecular weight excluding hydrogens is 314 g/mol. The maximum atomic E-state index is 5.90. The summed E-state index contributed by atoms with van der Waals surface area (Å²) in [7, 11) is 0. The molecule has 1 atom stereocenters. The summed E-state index contributed by atoms with van der Waals surface area (Å²) >= 11 is 1.97. The number of thiophene rings is 1. The van der Waals surface area contributed by atoms with Crippen LogP contribution in [0.1, 0.15) is 61.1 Å². The highest BCUT2D eigenvalue weighted by Crippen LogP contribution is 2.59. The van der Waals surface area contributed by atoms with Crippen molar-refractivity contribution in [2.75, 3.05) is 4.90 Å². The van der Waals surface area contributed by atoms with Crippen LogP contribution >= 0.6 is 11.3 Å². The van der Waals surface area contributed by atoms with Crippen molar-refractivity contribution < 1.29 is 4.42 Å². The lowest BCUT2D eigenvalue weighted by molar-refractivity contribution is 0.288. The fraction of sp³-hybridized carbons (Fsp3) is 0.429. The molecule has 3 aromatic rings. The van der Waals surface area contributed by atoms with Crippen molar-refractivity contribution in [3.8, 4) is 0 Å². The lowest BCUT2D eigenvalue weighted by atomic mass is 9.80. The van der Waals surface area contributed by atoms with Gasteiger partial charge in [0.25, 0.3) is 0 Å². The van der Waals surface area contributed by atoms with Gasteiger partial charge in [0, 0.05) is 16.1 Å². The number of rotatable bonds is 1. The van der Waals surface area contributed by atoms with Crippen LogP contribution in [-0.2, 0) is 5.54 Å². The van der Waals surface area contributed by atoms with Gasteiger partial charge in [-0.2, -0.15) is 0 Å². The van der Waals surface area contributed by atoms with Gasteiger partial charge in [-0.05, 0) is 44.4 Å². The Kier molecular flexibility index (Phi) is 3.12. The van der Waals surface area contributed by atoms with Crippen LogP contribution in [0.25, 0.3) is 10.3 Å². The molecule has 124 valence electrons. The monoisotopic (exact) mass is 337 g/mol. The second-order valence-corrected chi connectivity index (χ2v) is 8.44. The highest BCUT2D eigenvalue weighted by Gasteiger charge is 2.52. The Balaban J connectivity index is 1.77. The van der Waals surface area contributed by atoms with Gasteiger partial charge < -0.3 is 9.32 Å². The molecule has 3 heteroatoms. The number of para-hydroxylation sites is 1. The number of hydrogen-bond donors (Lipinski definition) is 0. The van der Waals surface area contributed by atoms with Gasteiger partial charge in [-0.1, -0.05) is 37.5 Å². The molecule has 1 spiro atoms. The predicted octanol–water partition coefficient (Wildman–Crippen LogP) is 6.54. The third kappa shape index (κ3) is 1.76. The van der Waals surface area contributed by atoms with Gasteiger partial charge in [-0.15, -0.1) is 11.3 Å². The van der Waals surface area contributed by atoms with E-state index in [9.17, 15) is 0 Å². The largest absolute Gasteiger partial charge is 0.463 e. The molecule has 0 unspecified atom stereocenters. The summed E-state index contributed by atoms with van der Waals surface area (Å²) in [6, 6.07) is 11.4. The molecule has 0 N–H and O–H groups in total. The zero-order chi connectivity index (χ0) is 16.3. The Hall–Kier alpha value is -1.74. The van der Waals surface area contributed by atoms with Crippen LogP contribution < -0.4 is 4.90 Å². The minimum atomic E-state index is 0.172. The van der Waals surface area contributed by atoms with Crippen molar-refractivity contribution in [3.05, 3.63) is 52.6 Å². The highest BCUT2D eigenvalue weighted by molar-refractivity contribution is 7.19. The minimum Gasteiger partial charge on any atom is -0.463 e. The molecule has 0 amide bonds. The molecule has 1 saturated carbocycles. The zero-order valence-electron chi connectivity index (χ0n) is 14.3. The van der Waals surface area contributed by atoms with Crippen molar-refractivity contribution in [2.45, 2.75) is 57.5 Å². The molecule has 24 heavy (non-hydrogen) atoms. The quantitative estimate of drug-likeness (QED) is 0.501. The maximum absolute atomic E-state index is 5.90. The molecule has 1 aliphatic heterocycles. The lowest BCUT2D eigenvalue weighted by Gasteiger charge is -2.45. The number of nitrogens with zero attached hydrogens (tertiary/aromatic N) is 1. The van der Waals surface area contributed by atoms with Gasteiger partial charge in [0.1, 0.15) is 5.58 Å². The molecule has 0 bridgehead atoms. The van der Waals surface area contributed by atoms with Crippen molar-refractivity contribution >= 4 is 27.3 Å². The van der Waals surface area contributed by atoms with E-state index in [2.05, 4.69) is 49.1 Å². The van der Waals surface area contributed by atoms with Gasteiger partial charge in [-0.3, -0.25) is 0 Å². The van der Waals surface area contributed by atoms with Crippen LogP contribution in [0.5, 0.6) is 0 Å². The van der Waals surface area contributed by atoms with Crippen molar-refractivity contribution in [2.24, 2.45) is 0 Å². The van der Waals surface area contributed by atoms with Crippen LogP contribution in [0.4, 0.5) is 5.69 Å². The van der Waals surface area contributed by atoms with Crippen LogP contribution in [0, 0.1) is 6.92 Å². The van der Waals surface area contributed by atoms with E-state index in [1.165, 1.54) is 53.6 Å². The van der Waals surface area contributed by atoms with Gasteiger partial charge >= 0.3 is 0 Å². The Morgan fingerprint density at radius 3 is 2.71 bits per heavy atom. The topological polar surface area (TPSA) is 16.4 Å². The molecule has 1 aromatic carbocycles. The molecule has 1 aliphatic carbocycles. The maximum Gasteiger partial charge on any atom is 0.150 e. The second kappa shape index (κ2) is 5.13. The van der Waals surface area contributed by atoms with E-state index >= 15 is 0 Å². The summed E-state index contributed by atoms with van der Waals surface area (Å²) in [4.78, 5) is 4.30. The highest BCUT2D eigenvalue weighted by atomic mass is 32.1. The van der Waals surface area contributed by atoms with Gasteiger partial charge in [0.2, 0.25) is 0 Å². The van der Waals surface area contributed by atoms with E-state index in [0.29, 0.717) is 6.04 Å². The second-order valence-electron chi connectivity index (χ2n) is 7.38. The average Bonchev–Trinajstić information content (AvgIpc) is 3.23. The number of furan rings is 1. The molecular formula is C21H23NOS. The Labute approximate surface area is 147 Å². The molecule has 0 saturated heterocycles. The van der Waals surface area contributed by atoms with E-state index < -0.39 is 0 Å². The lowest BCUT2D eigenvalue weighted by Crippen LogP contribution is -2.44. The smallest absolute Gasteiger partial charge is 0.150 e. The average molecular weight is 337 g/mol. The van der Waals surface area contributed by atoms with E-state index in [4.69, 9.17) is 4.42 Å². The predicted molar refractivity (Wildman–Crippen MR) is 101 cm³/mol. The first-order chi connectivity index (χ1) is 11.7. The van der Waals surface area contributed by atoms with Gasteiger partial charge in [0.05, 0.1) is 22.5 Å². The molecule has 2 nitrogen and oxygen atoms in total. The van der Waals surface area contributed by atoms with Crippen molar-refractivity contribution in [3.63, 3.8) is 0 Å². The number of anilines is 1. The molecule has 0 radical (unpaired) electrons. The Bertz CT molecular complexity index is 900. The number of hydrogen-bond acceptors (Lipinski definition) is 3. The van der Waals surface area contributed by atoms with E-state index in [-0.39, 0.29) is 5.54 Å². The number of benzene rings is 1.